The number of aliphatic imine (C=N–C) groups is 1. The van der Waals surface area contributed by atoms with Gasteiger partial charge in [-0.2, -0.15) is 0 Å². The van der Waals surface area contributed by atoms with Gasteiger partial charge in [0.2, 0.25) is 0 Å². The molecule has 0 saturated carbocycles. The van der Waals surface area contributed by atoms with E-state index in [2.05, 4.69) is 80.9 Å². The molecule has 6 nitrogen and oxygen atoms in total. The molecule has 184 valence electrons. The minimum absolute atomic E-state index is 0.183. The van der Waals surface area contributed by atoms with Gasteiger partial charge >= 0.3 is 0 Å². The molecule has 1 aromatic heterocycles. The van der Waals surface area contributed by atoms with E-state index in [4.69, 9.17) is 5.73 Å². The zero-order valence-electron chi connectivity index (χ0n) is 20.6. The summed E-state index contributed by atoms with van der Waals surface area (Å²) < 4.78 is 0. The first kappa shape index (κ1) is 25.2. The Hall–Kier alpha value is -3.92. The minimum atomic E-state index is 0.183. The fourth-order valence-electron chi connectivity index (χ4n) is 4.56. The van der Waals surface area contributed by atoms with Gasteiger partial charge in [-0.15, -0.1) is 13.2 Å². The first-order chi connectivity index (χ1) is 17.8. The van der Waals surface area contributed by atoms with E-state index in [1.807, 2.05) is 24.4 Å². The predicted molar refractivity (Wildman–Crippen MR) is 149 cm³/mol. The fraction of sp³-hybridized carbons (Fsp3) is 0.267. The number of H-pyrrole nitrogens is 1. The van der Waals surface area contributed by atoms with Crippen molar-refractivity contribution < 1.29 is 0 Å². The average Bonchev–Trinajstić information content (AvgIpc) is 3.72. The highest BCUT2D eigenvalue weighted by atomic mass is 15.0. The number of nitrogens with zero attached hydrogens (tertiary/aromatic N) is 2. The van der Waals surface area contributed by atoms with Gasteiger partial charge in [0, 0.05) is 23.4 Å². The smallest absolute Gasteiger partial charge is 0.123 e. The van der Waals surface area contributed by atoms with Crippen molar-refractivity contribution in [3.8, 4) is 34.2 Å². The Kier molecular flexibility index (Phi) is 8.87. The summed E-state index contributed by atoms with van der Waals surface area (Å²) in [4.78, 5) is 12.5. The molecule has 36 heavy (non-hydrogen) atoms. The molecule has 5 N–H and O–H groups in total. The second-order valence-corrected chi connectivity index (χ2v) is 8.75. The molecule has 2 saturated heterocycles. The average molecular weight is 479 g/mol. The number of amidine groups is 1. The van der Waals surface area contributed by atoms with Gasteiger partial charge in [0.25, 0.3) is 0 Å². The van der Waals surface area contributed by atoms with Crippen LogP contribution in [-0.2, 0) is 0 Å². The number of aromatic amines is 1. The molecule has 3 aromatic rings. The Morgan fingerprint density at radius 1 is 1.03 bits per heavy atom. The maximum atomic E-state index is 6.06. The number of nitrogens with two attached hydrogens (primary N) is 1. The van der Waals surface area contributed by atoms with E-state index in [0.29, 0.717) is 11.9 Å². The monoisotopic (exact) mass is 478 g/mol. The molecule has 0 amide bonds. The second-order valence-electron chi connectivity index (χ2n) is 8.75. The molecule has 6 heteroatoms. The SMILES string of the molecule is C=C.NC(=N/C=C/C#Cc1ccc(-c2cnc([C@@H]3CCCN3)[nH]2)cc1-c1ccccc1)C1CCCN1. The van der Waals surface area contributed by atoms with E-state index in [9.17, 15) is 0 Å². The van der Waals surface area contributed by atoms with Crippen LogP contribution in [-0.4, -0.2) is 34.9 Å². The molecule has 2 fully saturated rings. The van der Waals surface area contributed by atoms with Crippen molar-refractivity contribution in [3.05, 3.63) is 91.5 Å². The highest BCUT2D eigenvalue weighted by molar-refractivity contribution is 5.86. The lowest BCUT2D eigenvalue weighted by Gasteiger charge is -2.09. The number of benzene rings is 2. The van der Waals surface area contributed by atoms with Crippen LogP contribution < -0.4 is 16.4 Å². The third-order valence-electron chi connectivity index (χ3n) is 6.41. The Bertz CT molecular complexity index is 1250. The van der Waals surface area contributed by atoms with Crippen molar-refractivity contribution in [2.75, 3.05) is 13.1 Å². The van der Waals surface area contributed by atoms with E-state index < -0.39 is 0 Å². The second kappa shape index (κ2) is 12.7. The molecule has 2 aliphatic heterocycles. The third-order valence-corrected chi connectivity index (χ3v) is 6.41. The van der Waals surface area contributed by atoms with E-state index in [1.54, 1.807) is 12.3 Å². The van der Waals surface area contributed by atoms with Crippen molar-refractivity contribution in [1.29, 1.82) is 0 Å². The Morgan fingerprint density at radius 2 is 1.83 bits per heavy atom. The quantitative estimate of drug-likeness (QED) is 0.181. The maximum Gasteiger partial charge on any atom is 0.123 e. The van der Waals surface area contributed by atoms with Gasteiger partial charge in [-0.05, 0) is 62.0 Å². The normalized spacial score (nSPS) is 19.5. The summed E-state index contributed by atoms with van der Waals surface area (Å²) in [7, 11) is 0. The molecule has 5 rings (SSSR count). The molecule has 1 unspecified atom stereocenters. The molecule has 0 radical (unpaired) electrons. The summed E-state index contributed by atoms with van der Waals surface area (Å²) in [5.74, 6) is 8.03. The lowest BCUT2D eigenvalue weighted by molar-refractivity contribution is 0.613. The molecular formula is C30H34N6. The van der Waals surface area contributed by atoms with Gasteiger partial charge in [0.05, 0.1) is 24.0 Å². The fourth-order valence-corrected chi connectivity index (χ4v) is 4.56. The maximum absolute atomic E-state index is 6.06. The topological polar surface area (TPSA) is 91.1 Å². The van der Waals surface area contributed by atoms with Crippen LogP contribution in [0.1, 0.15) is 43.1 Å². The van der Waals surface area contributed by atoms with E-state index in [1.165, 1.54) is 6.42 Å². The van der Waals surface area contributed by atoms with Crippen LogP contribution in [0.25, 0.3) is 22.4 Å². The molecule has 2 atom stereocenters. The van der Waals surface area contributed by atoms with Gasteiger partial charge in [-0.3, -0.25) is 0 Å². The van der Waals surface area contributed by atoms with Crippen LogP contribution >= 0.6 is 0 Å². The molecule has 0 aliphatic carbocycles. The zero-order valence-corrected chi connectivity index (χ0v) is 20.6. The summed E-state index contributed by atoms with van der Waals surface area (Å²) in [6.07, 6.45) is 9.85. The third kappa shape index (κ3) is 6.19. The van der Waals surface area contributed by atoms with Crippen molar-refractivity contribution in [1.82, 2.24) is 20.6 Å². The summed E-state index contributed by atoms with van der Waals surface area (Å²) in [6.45, 7) is 8.05. The first-order valence-electron chi connectivity index (χ1n) is 12.5. The Balaban J connectivity index is 0.00000148. The largest absolute Gasteiger partial charge is 0.386 e. The Labute approximate surface area is 213 Å². The number of aromatic nitrogens is 2. The highest BCUT2D eigenvalue weighted by Crippen LogP contribution is 2.30. The van der Waals surface area contributed by atoms with E-state index in [-0.39, 0.29) is 6.04 Å². The molecule has 0 bridgehead atoms. The molecule has 0 spiro atoms. The zero-order chi connectivity index (χ0) is 25.2. The first-order valence-corrected chi connectivity index (χ1v) is 12.5. The van der Waals surface area contributed by atoms with Gasteiger partial charge in [0.1, 0.15) is 11.7 Å². The number of hydrogen-bond donors (Lipinski definition) is 4. The van der Waals surface area contributed by atoms with Crippen LogP contribution in [0.15, 0.2) is 85.2 Å². The number of hydrogen-bond acceptors (Lipinski definition) is 4. The molecule has 3 heterocycles. The number of allylic oxidation sites excluding steroid dienone is 1. The van der Waals surface area contributed by atoms with Crippen LogP contribution in [0.2, 0.25) is 0 Å². The number of imidazole rings is 1. The Morgan fingerprint density at radius 3 is 2.58 bits per heavy atom. The van der Waals surface area contributed by atoms with Gasteiger partial charge in [0.15, 0.2) is 0 Å². The standard InChI is InChI=1S/C28H30N6.C2H4/c29-27(24-11-6-16-30-24)32-15-5-4-10-21-13-14-22(18-23(21)20-8-2-1-3-9-20)26-19-33-28(34-26)25-12-7-17-31-25;1-2/h1-3,5,8-9,13-15,18-19,24-25,30-31H,6-7,11-12,16-17H2,(H2,29,32)(H,33,34);1-2H2/b15-5+;/t24?,25-;/m0./s1. The molecular weight excluding hydrogens is 444 g/mol. The molecule has 2 aromatic carbocycles. The van der Waals surface area contributed by atoms with Crippen molar-refractivity contribution in [2.45, 2.75) is 37.8 Å². The predicted octanol–water partition coefficient (Wildman–Crippen LogP) is 4.94. The van der Waals surface area contributed by atoms with Gasteiger partial charge in [-0.1, -0.05) is 48.2 Å². The van der Waals surface area contributed by atoms with Gasteiger partial charge < -0.3 is 21.4 Å². The van der Waals surface area contributed by atoms with Crippen LogP contribution in [0.3, 0.4) is 0 Å². The summed E-state index contributed by atoms with van der Waals surface area (Å²) >= 11 is 0. The van der Waals surface area contributed by atoms with Crippen molar-refractivity contribution in [3.63, 3.8) is 0 Å². The highest BCUT2D eigenvalue weighted by Gasteiger charge is 2.19. The van der Waals surface area contributed by atoms with E-state index in [0.717, 1.165) is 66.1 Å². The summed E-state index contributed by atoms with van der Waals surface area (Å²) in [5.41, 5.74) is 11.4. The minimum Gasteiger partial charge on any atom is -0.386 e. The van der Waals surface area contributed by atoms with Crippen LogP contribution in [0.5, 0.6) is 0 Å². The summed E-state index contributed by atoms with van der Waals surface area (Å²) in [6, 6.07) is 17.2. The van der Waals surface area contributed by atoms with Crippen molar-refractivity contribution in [2.24, 2.45) is 10.7 Å². The lowest BCUT2D eigenvalue weighted by atomic mass is 9.96. The number of nitrogens with one attached hydrogen (secondary N) is 3. The van der Waals surface area contributed by atoms with E-state index >= 15 is 0 Å². The lowest BCUT2D eigenvalue weighted by Crippen LogP contribution is -2.36. The number of rotatable bonds is 5. The summed E-state index contributed by atoms with van der Waals surface area (Å²) in [5, 5.41) is 6.85. The van der Waals surface area contributed by atoms with Crippen molar-refractivity contribution >= 4 is 5.84 Å². The van der Waals surface area contributed by atoms with Crippen LogP contribution in [0.4, 0.5) is 0 Å². The molecule has 2 aliphatic rings. The van der Waals surface area contributed by atoms with Crippen LogP contribution in [0, 0.1) is 11.8 Å². The van der Waals surface area contributed by atoms with Gasteiger partial charge in [-0.25, -0.2) is 9.98 Å².